The van der Waals surface area contributed by atoms with Crippen molar-refractivity contribution >= 4 is 28.9 Å². The Morgan fingerprint density at radius 3 is 2.66 bits per heavy atom. The molecule has 1 aromatic heterocycles. The first kappa shape index (κ1) is 19.6. The first-order valence-corrected chi connectivity index (χ1v) is 10.3. The lowest BCUT2D eigenvalue weighted by Gasteiger charge is -2.37. The maximum Gasteiger partial charge on any atom is 0.265 e. The molecular weight excluding hydrogens is 390 g/mol. The van der Waals surface area contributed by atoms with E-state index in [2.05, 4.69) is 4.98 Å². The SMILES string of the molecule is Cc1nc(C)c(C(=O)N2C[C@H](C(=O)N(C)C)[C@]3(COc4ccccc4C3=O)C2)s1. The van der Waals surface area contributed by atoms with Gasteiger partial charge in [-0.3, -0.25) is 14.4 Å². The van der Waals surface area contributed by atoms with Crippen molar-refractivity contribution in [1.29, 1.82) is 0 Å². The van der Waals surface area contributed by atoms with Gasteiger partial charge in [0.1, 0.15) is 17.2 Å². The van der Waals surface area contributed by atoms with E-state index < -0.39 is 11.3 Å². The van der Waals surface area contributed by atoms with E-state index >= 15 is 0 Å². The molecule has 2 atom stereocenters. The smallest absolute Gasteiger partial charge is 0.265 e. The highest BCUT2D eigenvalue weighted by Gasteiger charge is 2.59. The van der Waals surface area contributed by atoms with Crippen LogP contribution < -0.4 is 4.74 Å². The maximum atomic E-state index is 13.6. The summed E-state index contributed by atoms with van der Waals surface area (Å²) in [6.45, 7) is 4.07. The van der Waals surface area contributed by atoms with Crippen molar-refractivity contribution in [1.82, 2.24) is 14.8 Å². The number of hydrogen-bond donors (Lipinski definition) is 0. The van der Waals surface area contributed by atoms with Crippen molar-refractivity contribution in [2.75, 3.05) is 33.8 Å². The van der Waals surface area contributed by atoms with Gasteiger partial charge in [0.2, 0.25) is 5.91 Å². The predicted octanol–water partition coefficient (Wildman–Crippen LogP) is 2.18. The van der Waals surface area contributed by atoms with Gasteiger partial charge in [0.25, 0.3) is 5.91 Å². The van der Waals surface area contributed by atoms with E-state index in [4.69, 9.17) is 4.74 Å². The standard InChI is InChI=1S/C21H23N3O4S/c1-12-17(29-13(2)22-12)20(27)24-9-15(19(26)23(3)4)21(10-24)11-28-16-8-6-5-7-14(16)18(21)25/h5-8,15H,9-11H2,1-4H3/t15-,21-/m1/s1. The molecule has 1 fully saturated rings. The minimum absolute atomic E-state index is 0.0809. The van der Waals surface area contributed by atoms with Crippen molar-refractivity contribution in [3.05, 3.63) is 45.4 Å². The highest BCUT2D eigenvalue weighted by molar-refractivity contribution is 7.13. The number of carbonyl (C=O) groups excluding carboxylic acids is 3. The Hall–Kier alpha value is -2.74. The highest BCUT2D eigenvalue weighted by Crippen LogP contribution is 2.45. The van der Waals surface area contributed by atoms with Gasteiger partial charge in [0, 0.05) is 27.2 Å². The number of amides is 2. The quantitative estimate of drug-likeness (QED) is 0.754. The van der Waals surface area contributed by atoms with Crippen LogP contribution in [0.5, 0.6) is 5.75 Å². The van der Waals surface area contributed by atoms with Crippen LogP contribution in [0.4, 0.5) is 0 Å². The Morgan fingerprint density at radius 1 is 1.28 bits per heavy atom. The molecule has 8 heteroatoms. The number of ketones is 1. The first-order valence-electron chi connectivity index (χ1n) is 9.45. The van der Waals surface area contributed by atoms with Crippen molar-refractivity contribution in [2.24, 2.45) is 11.3 Å². The number of nitrogens with zero attached hydrogens (tertiary/aromatic N) is 3. The zero-order valence-corrected chi connectivity index (χ0v) is 17.7. The number of thiazole rings is 1. The van der Waals surface area contributed by atoms with Crippen LogP contribution in [0.15, 0.2) is 24.3 Å². The molecule has 0 unspecified atom stereocenters. The van der Waals surface area contributed by atoms with Crippen molar-refractivity contribution < 1.29 is 19.1 Å². The van der Waals surface area contributed by atoms with E-state index in [9.17, 15) is 14.4 Å². The number of aryl methyl sites for hydroxylation is 2. The number of likely N-dealkylation sites (tertiary alicyclic amines) is 1. The number of fused-ring (bicyclic) bond motifs is 1. The number of benzene rings is 1. The topological polar surface area (TPSA) is 79.8 Å². The van der Waals surface area contributed by atoms with E-state index in [1.807, 2.05) is 13.0 Å². The average Bonchev–Trinajstić information content (AvgIpc) is 3.24. The molecule has 0 N–H and O–H groups in total. The summed E-state index contributed by atoms with van der Waals surface area (Å²) in [7, 11) is 3.33. The van der Waals surface area contributed by atoms with Gasteiger partial charge in [-0.2, -0.15) is 0 Å². The van der Waals surface area contributed by atoms with E-state index in [1.54, 1.807) is 44.1 Å². The molecule has 2 amide bonds. The number of hydrogen-bond acceptors (Lipinski definition) is 6. The van der Waals surface area contributed by atoms with Gasteiger partial charge in [-0.25, -0.2) is 4.98 Å². The molecule has 0 bridgehead atoms. The van der Waals surface area contributed by atoms with Gasteiger partial charge in [-0.15, -0.1) is 11.3 Å². The number of ether oxygens (including phenoxy) is 1. The summed E-state index contributed by atoms with van der Waals surface area (Å²) in [4.78, 5) is 47.8. The summed E-state index contributed by atoms with van der Waals surface area (Å²) in [6.07, 6.45) is 0. The zero-order chi connectivity index (χ0) is 20.9. The molecule has 29 heavy (non-hydrogen) atoms. The number of rotatable bonds is 2. The Kier molecular flexibility index (Phi) is 4.69. The fourth-order valence-electron chi connectivity index (χ4n) is 4.26. The first-order chi connectivity index (χ1) is 13.7. The molecule has 1 spiro atoms. The second-order valence-electron chi connectivity index (χ2n) is 7.89. The Morgan fingerprint density at radius 2 is 2.00 bits per heavy atom. The molecule has 0 aliphatic carbocycles. The van der Waals surface area contributed by atoms with E-state index in [1.165, 1.54) is 16.2 Å². The second kappa shape index (κ2) is 6.95. The number of aromatic nitrogens is 1. The van der Waals surface area contributed by atoms with Crippen molar-refractivity contribution in [3.8, 4) is 5.75 Å². The molecule has 0 saturated carbocycles. The monoisotopic (exact) mass is 413 g/mol. The molecule has 7 nitrogen and oxygen atoms in total. The molecule has 3 heterocycles. The maximum absolute atomic E-state index is 13.6. The van der Waals surface area contributed by atoms with Crippen LogP contribution in [0.3, 0.4) is 0 Å². The molecule has 2 aromatic rings. The normalized spacial score (nSPS) is 23.1. The van der Waals surface area contributed by atoms with Crippen molar-refractivity contribution in [2.45, 2.75) is 13.8 Å². The fraction of sp³-hybridized carbons (Fsp3) is 0.429. The summed E-state index contributed by atoms with van der Waals surface area (Å²) in [5, 5.41) is 0.812. The van der Waals surface area contributed by atoms with Crippen LogP contribution in [0.25, 0.3) is 0 Å². The largest absolute Gasteiger partial charge is 0.492 e. The van der Waals surface area contributed by atoms with Gasteiger partial charge in [0.05, 0.1) is 27.6 Å². The summed E-state index contributed by atoms with van der Waals surface area (Å²) in [5.41, 5.74) is 0.0545. The minimum Gasteiger partial charge on any atom is -0.492 e. The molecule has 2 aliphatic rings. The molecule has 1 aromatic carbocycles. The number of Topliss-reactive ketones (excluding diaryl/α,β-unsaturated/α-hetero) is 1. The third kappa shape index (κ3) is 3.02. The lowest BCUT2D eigenvalue weighted by atomic mass is 9.71. The van der Waals surface area contributed by atoms with Crippen LogP contribution in [-0.4, -0.2) is 66.2 Å². The minimum atomic E-state index is -1.08. The second-order valence-corrected chi connectivity index (χ2v) is 9.09. The Bertz CT molecular complexity index is 1020. The number of carbonyl (C=O) groups is 3. The van der Waals surface area contributed by atoms with Gasteiger partial charge >= 0.3 is 0 Å². The van der Waals surface area contributed by atoms with Gasteiger partial charge in [0.15, 0.2) is 5.78 Å². The summed E-state index contributed by atoms with van der Waals surface area (Å²) in [5.74, 6) is -0.622. The van der Waals surface area contributed by atoms with E-state index in [0.717, 1.165) is 5.01 Å². The van der Waals surface area contributed by atoms with Crippen LogP contribution >= 0.6 is 11.3 Å². The van der Waals surface area contributed by atoms with Crippen LogP contribution in [-0.2, 0) is 4.79 Å². The zero-order valence-electron chi connectivity index (χ0n) is 16.9. The average molecular weight is 413 g/mol. The van der Waals surface area contributed by atoms with Crippen LogP contribution in [0.1, 0.15) is 30.7 Å². The van der Waals surface area contributed by atoms with Gasteiger partial charge in [-0.05, 0) is 26.0 Å². The molecule has 152 valence electrons. The van der Waals surface area contributed by atoms with Crippen molar-refractivity contribution in [3.63, 3.8) is 0 Å². The lowest BCUT2D eigenvalue weighted by molar-refractivity contribution is -0.135. The summed E-state index contributed by atoms with van der Waals surface area (Å²) in [6, 6.07) is 7.07. The molecule has 0 radical (unpaired) electrons. The Labute approximate surface area is 173 Å². The molecule has 4 rings (SSSR count). The highest BCUT2D eigenvalue weighted by atomic mass is 32.1. The summed E-state index contributed by atoms with van der Waals surface area (Å²) < 4.78 is 5.91. The third-order valence-corrected chi connectivity index (χ3v) is 6.80. The lowest BCUT2D eigenvalue weighted by Crippen LogP contribution is -2.51. The Balaban J connectivity index is 1.74. The van der Waals surface area contributed by atoms with E-state index in [-0.39, 0.29) is 37.3 Å². The predicted molar refractivity (Wildman–Crippen MR) is 108 cm³/mol. The fourth-order valence-corrected chi connectivity index (χ4v) is 5.15. The number of para-hydroxylation sites is 1. The molecule has 2 aliphatic heterocycles. The summed E-state index contributed by atoms with van der Waals surface area (Å²) >= 11 is 1.34. The molecular formula is C21H23N3O4S. The van der Waals surface area contributed by atoms with E-state index in [0.29, 0.717) is 21.9 Å². The van der Waals surface area contributed by atoms with Gasteiger partial charge < -0.3 is 14.5 Å². The van der Waals surface area contributed by atoms with Gasteiger partial charge in [-0.1, -0.05) is 12.1 Å². The third-order valence-electron chi connectivity index (χ3n) is 5.74. The molecule has 1 saturated heterocycles. The van der Waals surface area contributed by atoms with Crippen LogP contribution in [0.2, 0.25) is 0 Å². The van der Waals surface area contributed by atoms with Crippen LogP contribution in [0, 0.1) is 25.2 Å².